The zero-order valence-corrected chi connectivity index (χ0v) is 9.21. The van der Waals surface area contributed by atoms with Crippen LogP contribution in [0.3, 0.4) is 0 Å². The van der Waals surface area contributed by atoms with Gasteiger partial charge in [-0.05, 0) is 30.0 Å². The van der Waals surface area contributed by atoms with Gasteiger partial charge in [-0.2, -0.15) is 0 Å². The van der Waals surface area contributed by atoms with E-state index in [1.165, 1.54) is 6.07 Å². The molecule has 0 aliphatic carbocycles. The summed E-state index contributed by atoms with van der Waals surface area (Å²) in [6.45, 7) is 3.77. The molecule has 0 spiro atoms. The van der Waals surface area contributed by atoms with Gasteiger partial charge in [0.05, 0.1) is 5.92 Å². The van der Waals surface area contributed by atoms with Crippen LogP contribution in [-0.4, -0.2) is 11.1 Å². The molecule has 1 rings (SSSR count). The summed E-state index contributed by atoms with van der Waals surface area (Å²) >= 11 is 0. The minimum Gasteiger partial charge on any atom is -0.481 e. The summed E-state index contributed by atoms with van der Waals surface area (Å²) in [6.07, 6.45) is 0.403. The molecule has 1 aromatic rings. The zero-order valence-electron chi connectivity index (χ0n) is 9.21. The second-order valence-electron chi connectivity index (χ2n) is 4.19. The molecule has 0 radical (unpaired) electrons. The van der Waals surface area contributed by atoms with Gasteiger partial charge in [0.25, 0.3) is 0 Å². The molecule has 0 heterocycles. The van der Waals surface area contributed by atoms with E-state index < -0.39 is 23.5 Å². The molecule has 0 aromatic heterocycles. The number of carboxylic acids is 1. The molecule has 1 atom stereocenters. The number of hydrogen-bond acceptors (Lipinski definition) is 1. The van der Waals surface area contributed by atoms with Crippen molar-refractivity contribution in [2.45, 2.75) is 26.2 Å². The Morgan fingerprint density at radius 1 is 1.31 bits per heavy atom. The van der Waals surface area contributed by atoms with Gasteiger partial charge in [-0.15, -0.1) is 0 Å². The highest BCUT2D eigenvalue weighted by atomic mass is 19.2. The molecular weight excluding hydrogens is 214 g/mol. The lowest BCUT2D eigenvalue weighted by Crippen LogP contribution is -2.14. The number of halogens is 2. The normalized spacial score (nSPS) is 12.8. The smallest absolute Gasteiger partial charge is 0.310 e. The zero-order chi connectivity index (χ0) is 12.3. The van der Waals surface area contributed by atoms with E-state index in [-0.39, 0.29) is 5.92 Å². The third-order valence-corrected chi connectivity index (χ3v) is 2.35. The highest BCUT2D eigenvalue weighted by Gasteiger charge is 2.22. The van der Waals surface area contributed by atoms with Crippen LogP contribution in [0.4, 0.5) is 8.78 Å². The van der Waals surface area contributed by atoms with Crippen LogP contribution in [0.2, 0.25) is 0 Å². The van der Waals surface area contributed by atoms with Crippen molar-refractivity contribution in [2.75, 3.05) is 0 Å². The molecule has 0 aliphatic heterocycles. The number of carbonyl (C=O) groups is 1. The van der Waals surface area contributed by atoms with E-state index in [9.17, 15) is 13.6 Å². The summed E-state index contributed by atoms with van der Waals surface area (Å²) < 4.78 is 25.7. The van der Waals surface area contributed by atoms with E-state index in [2.05, 4.69) is 0 Å². The second-order valence-corrected chi connectivity index (χ2v) is 4.19. The van der Waals surface area contributed by atoms with Crippen molar-refractivity contribution in [3.63, 3.8) is 0 Å². The Hall–Kier alpha value is -1.45. The SMILES string of the molecule is CC(C)CC(C(=O)O)c1ccc(F)c(F)c1. The quantitative estimate of drug-likeness (QED) is 0.859. The summed E-state index contributed by atoms with van der Waals surface area (Å²) in [5.41, 5.74) is 0.306. The summed E-state index contributed by atoms with van der Waals surface area (Å²) in [6, 6.07) is 3.23. The summed E-state index contributed by atoms with van der Waals surface area (Å²) in [4.78, 5) is 11.0. The lowest BCUT2D eigenvalue weighted by Gasteiger charge is -2.15. The molecule has 1 aromatic carbocycles. The molecule has 4 heteroatoms. The van der Waals surface area contributed by atoms with E-state index in [0.717, 1.165) is 12.1 Å². The fourth-order valence-electron chi connectivity index (χ4n) is 1.58. The van der Waals surface area contributed by atoms with Gasteiger partial charge in [0.15, 0.2) is 11.6 Å². The van der Waals surface area contributed by atoms with Gasteiger partial charge >= 0.3 is 5.97 Å². The molecule has 0 bridgehead atoms. The van der Waals surface area contributed by atoms with Gasteiger partial charge in [0.2, 0.25) is 0 Å². The first-order valence-electron chi connectivity index (χ1n) is 5.09. The molecule has 88 valence electrons. The molecule has 0 aliphatic rings. The van der Waals surface area contributed by atoms with E-state index in [1.54, 1.807) is 0 Å². The van der Waals surface area contributed by atoms with Crippen molar-refractivity contribution in [3.8, 4) is 0 Å². The minimum absolute atomic E-state index is 0.175. The molecule has 0 fully saturated rings. The van der Waals surface area contributed by atoms with Gasteiger partial charge in [-0.3, -0.25) is 4.79 Å². The van der Waals surface area contributed by atoms with E-state index in [0.29, 0.717) is 12.0 Å². The Morgan fingerprint density at radius 3 is 2.38 bits per heavy atom. The van der Waals surface area contributed by atoms with Crippen molar-refractivity contribution in [1.29, 1.82) is 0 Å². The lowest BCUT2D eigenvalue weighted by atomic mass is 9.90. The van der Waals surface area contributed by atoms with Gasteiger partial charge < -0.3 is 5.11 Å². The van der Waals surface area contributed by atoms with Crippen molar-refractivity contribution < 1.29 is 18.7 Å². The largest absolute Gasteiger partial charge is 0.481 e. The second kappa shape index (κ2) is 5.05. The maximum Gasteiger partial charge on any atom is 0.310 e. The van der Waals surface area contributed by atoms with Crippen LogP contribution in [0.25, 0.3) is 0 Å². The number of rotatable bonds is 4. The Kier molecular flexibility index (Phi) is 3.99. The van der Waals surface area contributed by atoms with Crippen molar-refractivity contribution >= 4 is 5.97 Å². The molecule has 2 nitrogen and oxygen atoms in total. The fraction of sp³-hybridized carbons (Fsp3) is 0.417. The van der Waals surface area contributed by atoms with Crippen molar-refractivity contribution in [3.05, 3.63) is 35.4 Å². The predicted octanol–water partition coefficient (Wildman–Crippen LogP) is 3.18. The van der Waals surface area contributed by atoms with Crippen LogP contribution in [0.5, 0.6) is 0 Å². The molecular formula is C12H14F2O2. The monoisotopic (exact) mass is 228 g/mol. The Bertz CT molecular complexity index is 389. The molecule has 0 saturated carbocycles. The van der Waals surface area contributed by atoms with Crippen molar-refractivity contribution in [1.82, 2.24) is 0 Å². The third-order valence-electron chi connectivity index (χ3n) is 2.35. The number of benzene rings is 1. The number of carboxylic acid groups (broad SMARTS) is 1. The topological polar surface area (TPSA) is 37.3 Å². The minimum atomic E-state index is -1.01. The standard InChI is InChI=1S/C12H14F2O2/c1-7(2)5-9(12(15)16)8-3-4-10(13)11(14)6-8/h3-4,6-7,9H,5H2,1-2H3,(H,15,16). The first-order chi connectivity index (χ1) is 7.41. The third kappa shape index (κ3) is 3.02. The van der Waals surface area contributed by atoms with Gasteiger partial charge in [0, 0.05) is 0 Å². The van der Waals surface area contributed by atoms with E-state index in [1.807, 2.05) is 13.8 Å². The van der Waals surface area contributed by atoms with Gasteiger partial charge in [-0.25, -0.2) is 8.78 Å². The van der Waals surface area contributed by atoms with Crippen LogP contribution in [-0.2, 0) is 4.79 Å². The summed E-state index contributed by atoms with van der Waals surface area (Å²) in [5.74, 6) is -3.59. The van der Waals surface area contributed by atoms with Gasteiger partial charge in [0.1, 0.15) is 0 Å². The van der Waals surface area contributed by atoms with E-state index >= 15 is 0 Å². The van der Waals surface area contributed by atoms with Crippen LogP contribution in [0, 0.1) is 17.6 Å². The van der Waals surface area contributed by atoms with Crippen molar-refractivity contribution in [2.24, 2.45) is 5.92 Å². The van der Waals surface area contributed by atoms with E-state index in [4.69, 9.17) is 5.11 Å². The van der Waals surface area contributed by atoms with Crippen LogP contribution in [0.1, 0.15) is 31.7 Å². The average Bonchev–Trinajstić information content (AvgIpc) is 2.18. The number of aliphatic carboxylic acids is 1. The highest BCUT2D eigenvalue weighted by molar-refractivity contribution is 5.76. The van der Waals surface area contributed by atoms with Crippen LogP contribution >= 0.6 is 0 Å². The lowest BCUT2D eigenvalue weighted by molar-refractivity contribution is -0.139. The first-order valence-corrected chi connectivity index (χ1v) is 5.09. The summed E-state index contributed by atoms with van der Waals surface area (Å²) in [5, 5.41) is 9.02. The Morgan fingerprint density at radius 2 is 1.94 bits per heavy atom. The van der Waals surface area contributed by atoms with Crippen LogP contribution in [0.15, 0.2) is 18.2 Å². The maximum atomic E-state index is 13.0. The number of hydrogen-bond donors (Lipinski definition) is 1. The molecule has 1 N–H and O–H groups in total. The van der Waals surface area contributed by atoms with Crippen LogP contribution < -0.4 is 0 Å². The Balaban J connectivity index is 3.01. The maximum absolute atomic E-state index is 13.0. The molecule has 1 unspecified atom stereocenters. The Labute approximate surface area is 92.9 Å². The predicted molar refractivity (Wildman–Crippen MR) is 56.2 cm³/mol. The molecule has 0 amide bonds. The fourth-order valence-corrected chi connectivity index (χ4v) is 1.58. The average molecular weight is 228 g/mol. The molecule has 0 saturated heterocycles. The highest BCUT2D eigenvalue weighted by Crippen LogP contribution is 2.25. The van der Waals surface area contributed by atoms with Gasteiger partial charge in [-0.1, -0.05) is 19.9 Å². The summed E-state index contributed by atoms with van der Waals surface area (Å²) in [7, 11) is 0. The molecule has 16 heavy (non-hydrogen) atoms. The first kappa shape index (κ1) is 12.6.